The van der Waals surface area contributed by atoms with E-state index in [-0.39, 0.29) is 0 Å². The van der Waals surface area contributed by atoms with E-state index in [0.29, 0.717) is 13.2 Å². The predicted molar refractivity (Wildman–Crippen MR) is 46.6 cm³/mol. The molecule has 2 nitrogen and oxygen atoms in total. The zero-order valence-corrected chi connectivity index (χ0v) is 7.46. The number of methoxy groups -OCH3 is 2. The van der Waals surface area contributed by atoms with Crippen molar-refractivity contribution in [3.8, 4) is 0 Å². The molecule has 0 aliphatic rings. The Kier molecular flexibility index (Phi) is 7.10. The van der Waals surface area contributed by atoms with E-state index >= 15 is 0 Å². The van der Waals surface area contributed by atoms with Crippen molar-refractivity contribution in [2.24, 2.45) is 0 Å². The third-order valence-corrected chi connectivity index (χ3v) is 1.28. The molecule has 0 heterocycles. The molecule has 0 fully saturated rings. The lowest BCUT2D eigenvalue weighted by Gasteiger charge is -1.97. The highest BCUT2D eigenvalue weighted by atomic mass is 16.5. The summed E-state index contributed by atoms with van der Waals surface area (Å²) in [4.78, 5) is 0. The largest absolute Gasteiger partial charge is 0.381 e. The molecule has 0 aliphatic carbocycles. The van der Waals surface area contributed by atoms with E-state index in [1.807, 2.05) is 25.2 Å². The van der Waals surface area contributed by atoms with Crippen LogP contribution in [0.1, 0.15) is 6.92 Å². The van der Waals surface area contributed by atoms with Crippen LogP contribution in [-0.2, 0) is 9.47 Å². The molecule has 0 spiro atoms. The molecule has 0 N–H and O–H groups in total. The Labute approximate surface area is 68.5 Å². The van der Waals surface area contributed by atoms with E-state index in [1.165, 1.54) is 5.57 Å². The topological polar surface area (TPSA) is 18.5 Å². The van der Waals surface area contributed by atoms with Gasteiger partial charge in [0.05, 0.1) is 13.2 Å². The first-order valence-corrected chi connectivity index (χ1v) is 3.64. The monoisotopic (exact) mass is 156 g/mol. The van der Waals surface area contributed by atoms with Crippen LogP contribution >= 0.6 is 0 Å². The van der Waals surface area contributed by atoms with Gasteiger partial charge in [-0.25, -0.2) is 0 Å². The minimum atomic E-state index is 0.654. The summed E-state index contributed by atoms with van der Waals surface area (Å²) in [5.41, 5.74) is 1.17. The van der Waals surface area contributed by atoms with Crippen molar-refractivity contribution in [2.45, 2.75) is 6.92 Å². The van der Waals surface area contributed by atoms with Crippen LogP contribution in [0.2, 0.25) is 0 Å². The van der Waals surface area contributed by atoms with E-state index in [9.17, 15) is 0 Å². The van der Waals surface area contributed by atoms with Gasteiger partial charge in [0.25, 0.3) is 0 Å². The first-order valence-electron chi connectivity index (χ1n) is 3.64. The number of hydrogen-bond donors (Lipinski definition) is 0. The molecule has 0 aromatic heterocycles. The second-order valence-corrected chi connectivity index (χ2v) is 2.15. The van der Waals surface area contributed by atoms with Crippen molar-refractivity contribution < 1.29 is 9.47 Å². The normalized spacial score (nSPS) is 12.8. The van der Waals surface area contributed by atoms with Crippen molar-refractivity contribution >= 4 is 0 Å². The Morgan fingerprint density at radius 2 is 2.00 bits per heavy atom. The van der Waals surface area contributed by atoms with E-state index < -0.39 is 0 Å². The molecule has 0 rings (SSSR count). The molecule has 2 heteroatoms. The first kappa shape index (κ1) is 10.4. The van der Waals surface area contributed by atoms with Gasteiger partial charge < -0.3 is 9.47 Å². The third kappa shape index (κ3) is 5.83. The van der Waals surface area contributed by atoms with Gasteiger partial charge in [-0.05, 0) is 12.5 Å². The van der Waals surface area contributed by atoms with Crippen LogP contribution in [0.4, 0.5) is 0 Å². The molecule has 0 aromatic carbocycles. The van der Waals surface area contributed by atoms with Gasteiger partial charge in [-0.3, -0.25) is 0 Å². The van der Waals surface area contributed by atoms with Crippen LogP contribution in [0.3, 0.4) is 0 Å². The van der Waals surface area contributed by atoms with E-state index in [1.54, 1.807) is 14.2 Å². The molecule has 0 aromatic rings. The number of allylic oxidation sites excluding steroid dienone is 1. The van der Waals surface area contributed by atoms with Gasteiger partial charge in [-0.1, -0.05) is 18.2 Å². The summed E-state index contributed by atoms with van der Waals surface area (Å²) in [7, 11) is 3.36. The second-order valence-electron chi connectivity index (χ2n) is 2.15. The zero-order valence-electron chi connectivity index (χ0n) is 7.46. The minimum Gasteiger partial charge on any atom is -0.381 e. The predicted octanol–water partition coefficient (Wildman–Crippen LogP) is 1.78. The number of hydrogen-bond acceptors (Lipinski definition) is 2. The summed E-state index contributed by atoms with van der Waals surface area (Å²) in [6.07, 6.45) is 6.00. The lowest BCUT2D eigenvalue weighted by molar-refractivity contribution is 0.226. The third-order valence-electron chi connectivity index (χ3n) is 1.28. The fourth-order valence-corrected chi connectivity index (χ4v) is 0.690. The average molecular weight is 156 g/mol. The highest BCUT2D eigenvalue weighted by molar-refractivity contribution is 5.18. The second kappa shape index (κ2) is 7.51. The SMILES string of the molecule is C/C=C(/C=C/COC)COC. The van der Waals surface area contributed by atoms with Crippen LogP contribution in [-0.4, -0.2) is 27.4 Å². The Balaban J connectivity index is 3.69. The summed E-state index contributed by atoms with van der Waals surface area (Å²) >= 11 is 0. The summed E-state index contributed by atoms with van der Waals surface area (Å²) < 4.78 is 9.83. The van der Waals surface area contributed by atoms with Gasteiger partial charge in [-0.2, -0.15) is 0 Å². The number of rotatable bonds is 5. The van der Waals surface area contributed by atoms with Crippen LogP contribution < -0.4 is 0 Å². The lowest BCUT2D eigenvalue weighted by Crippen LogP contribution is -1.91. The minimum absolute atomic E-state index is 0.654. The molecule has 0 bridgehead atoms. The number of ether oxygens (including phenoxy) is 2. The van der Waals surface area contributed by atoms with Gasteiger partial charge in [0.2, 0.25) is 0 Å². The summed E-state index contributed by atoms with van der Waals surface area (Å²) in [6, 6.07) is 0. The van der Waals surface area contributed by atoms with Crippen LogP contribution in [0.25, 0.3) is 0 Å². The van der Waals surface area contributed by atoms with Crippen LogP contribution in [0, 0.1) is 0 Å². The molecule has 0 saturated carbocycles. The molecule has 0 amide bonds. The molecule has 64 valence electrons. The smallest absolute Gasteiger partial charge is 0.0709 e. The molecular formula is C9H16O2. The highest BCUT2D eigenvalue weighted by Gasteiger charge is 1.86. The maximum atomic E-state index is 4.97. The Morgan fingerprint density at radius 1 is 1.27 bits per heavy atom. The van der Waals surface area contributed by atoms with E-state index in [4.69, 9.17) is 9.47 Å². The molecule has 11 heavy (non-hydrogen) atoms. The van der Waals surface area contributed by atoms with E-state index in [2.05, 4.69) is 0 Å². The van der Waals surface area contributed by atoms with Gasteiger partial charge >= 0.3 is 0 Å². The van der Waals surface area contributed by atoms with Gasteiger partial charge in [0.15, 0.2) is 0 Å². The fourth-order valence-electron chi connectivity index (χ4n) is 0.690. The van der Waals surface area contributed by atoms with Crippen molar-refractivity contribution in [3.63, 3.8) is 0 Å². The standard InChI is InChI=1S/C9H16O2/c1-4-9(8-11-3)6-5-7-10-2/h4-6H,7-8H2,1-3H3/b6-5+,9-4-. The van der Waals surface area contributed by atoms with Crippen LogP contribution in [0.5, 0.6) is 0 Å². The molecule has 0 aliphatic heterocycles. The maximum absolute atomic E-state index is 4.97. The summed E-state index contributed by atoms with van der Waals surface area (Å²) in [5, 5.41) is 0. The van der Waals surface area contributed by atoms with E-state index in [0.717, 1.165) is 0 Å². The van der Waals surface area contributed by atoms with Gasteiger partial charge in [0, 0.05) is 14.2 Å². The van der Waals surface area contributed by atoms with Crippen molar-refractivity contribution in [2.75, 3.05) is 27.4 Å². The quantitative estimate of drug-likeness (QED) is 0.565. The van der Waals surface area contributed by atoms with Crippen molar-refractivity contribution in [1.82, 2.24) is 0 Å². The zero-order chi connectivity index (χ0) is 8.53. The first-order chi connectivity index (χ1) is 5.35. The average Bonchev–Trinajstić information content (AvgIpc) is 2.03. The molecule has 0 radical (unpaired) electrons. The Hall–Kier alpha value is -0.600. The lowest BCUT2D eigenvalue weighted by atomic mass is 10.2. The molecular weight excluding hydrogens is 140 g/mol. The van der Waals surface area contributed by atoms with Crippen molar-refractivity contribution in [1.29, 1.82) is 0 Å². The van der Waals surface area contributed by atoms with Crippen LogP contribution in [0.15, 0.2) is 23.8 Å². The highest BCUT2D eigenvalue weighted by Crippen LogP contribution is 1.96. The molecule has 0 saturated heterocycles. The summed E-state index contributed by atoms with van der Waals surface area (Å²) in [5.74, 6) is 0. The maximum Gasteiger partial charge on any atom is 0.0709 e. The van der Waals surface area contributed by atoms with Gasteiger partial charge in [0.1, 0.15) is 0 Å². The Morgan fingerprint density at radius 3 is 2.45 bits per heavy atom. The van der Waals surface area contributed by atoms with Crippen molar-refractivity contribution in [3.05, 3.63) is 23.8 Å². The Bertz CT molecular complexity index is 136. The summed E-state index contributed by atoms with van der Waals surface area (Å²) in [6.45, 7) is 3.31. The molecule has 0 atom stereocenters. The van der Waals surface area contributed by atoms with Gasteiger partial charge in [-0.15, -0.1) is 0 Å². The fraction of sp³-hybridized carbons (Fsp3) is 0.556. The molecule has 0 unspecified atom stereocenters.